The van der Waals surface area contributed by atoms with Crippen molar-refractivity contribution >= 4 is 11.6 Å². The lowest BCUT2D eigenvalue weighted by molar-refractivity contribution is -0.00466. The van der Waals surface area contributed by atoms with E-state index in [2.05, 4.69) is 4.98 Å². The molecular weight excluding hydrogens is 234 g/mol. The van der Waals surface area contributed by atoms with E-state index in [-0.39, 0.29) is 11.4 Å². The van der Waals surface area contributed by atoms with Crippen LogP contribution in [0.3, 0.4) is 0 Å². The van der Waals surface area contributed by atoms with Gasteiger partial charge in [-0.05, 0) is 6.07 Å². The largest absolute Gasteiger partial charge is 0.454 e. The molecule has 1 aromatic heterocycles. The molecule has 1 fully saturated rings. The van der Waals surface area contributed by atoms with Gasteiger partial charge in [0.15, 0.2) is 17.8 Å². The monoisotopic (exact) mass is 243 g/mol. The summed E-state index contributed by atoms with van der Waals surface area (Å²) >= 11 is 5.67. The van der Waals surface area contributed by atoms with Crippen LogP contribution >= 0.6 is 11.6 Å². The molecule has 0 saturated carbocycles. The molecule has 1 saturated heterocycles. The molecule has 0 amide bonds. The number of halogens is 1. The zero-order chi connectivity index (χ0) is 11.3. The van der Waals surface area contributed by atoms with Gasteiger partial charge in [0, 0.05) is 6.20 Å². The molecule has 4 atom stereocenters. The number of aromatic nitrogens is 2. The Balaban J connectivity index is 1.99. The Hall–Kier alpha value is -1.11. The molecule has 0 radical (unpaired) electrons. The van der Waals surface area contributed by atoms with Crippen molar-refractivity contribution in [1.82, 2.24) is 9.55 Å². The van der Waals surface area contributed by atoms with Gasteiger partial charge in [0.2, 0.25) is 0 Å². The van der Waals surface area contributed by atoms with Crippen LogP contribution in [0.4, 0.5) is 0 Å². The first-order chi connectivity index (χ1) is 7.70. The molecule has 2 N–H and O–H groups in total. The minimum absolute atomic E-state index is 0.120. The number of aliphatic hydroxyl groups is 1. The molecule has 2 aliphatic rings. The highest BCUT2D eigenvalue weighted by atomic mass is 35.5. The molecule has 6 nitrogen and oxygen atoms in total. The Morgan fingerprint density at radius 2 is 2.44 bits per heavy atom. The van der Waals surface area contributed by atoms with Crippen molar-refractivity contribution in [3.05, 3.63) is 17.8 Å². The molecule has 0 bridgehead atoms. The van der Waals surface area contributed by atoms with Crippen molar-refractivity contribution in [2.45, 2.75) is 24.5 Å². The first-order valence-electron chi connectivity index (χ1n) is 4.90. The molecular formula is C9H10ClN3O3. The van der Waals surface area contributed by atoms with Crippen molar-refractivity contribution in [2.24, 2.45) is 0 Å². The lowest BCUT2D eigenvalue weighted by Crippen LogP contribution is -2.34. The number of hydrogen-bond donors (Lipinski definition) is 2. The van der Waals surface area contributed by atoms with Gasteiger partial charge in [-0.3, -0.25) is 9.98 Å². The third-order valence-corrected chi connectivity index (χ3v) is 3.11. The Morgan fingerprint density at radius 3 is 3.19 bits per heavy atom. The summed E-state index contributed by atoms with van der Waals surface area (Å²) in [5.74, 6) is 0.220. The van der Waals surface area contributed by atoms with E-state index < -0.39 is 24.5 Å². The second-order valence-corrected chi connectivity index (χ2v) is 4.10. The van der Waals surface area contributed by atoms with E-state index in [4.69, 9.17) is 26.5 Å². The molecule has 3 rings (SSSR count). The summed E-state index contributed by atoms with van der Waals surface area (Å²) in [6.45, 7) is 0. The van der Waals surface area contributed by atoms with Crippen LogP contribution in [0.15, 0.2) is 12.3 Å². The lowest BCUT2D eigenvalue weighted by Gasteiger charge is -2.13. The van der Waals surface area contributed by atoms with E-state index in [0.717, 1.165) is 0 Å². The van der Waals surface area contributed by atoms with Gasteiger partial charge in [0.25, 0.3) is 0 Å². The molecule has 0 aliphatic carbocycles. The fourth-order valence-corrected chi connectivity index (χ4v) is 2.27. The summed E-state index contributed by atoms with van der Waals surface area (Å²) in [6, 6.07) is 1.84. The maximum Gasteiger partial charge on any atom is 0.301 e. The van der Waals surface area contributed by atoms with Crippen LogP contribution in [-0.4, -0.2) is 38.8 Å². The maximum atomic E-state index is 9.88. The van der Waals surface area contributed by atoms with Gasteiger partial charge in [-0.2, -0.15) is 4.98 Å². The van der Waals surface area contributed by atoms with Crippen molar-refractivity contribution in [3.63, 3.8) is 0 Å². The first-order valence-corrected chi connectivity index (χ1v) is 5.44. The summed E-state index contributed by atoms with van der Waals surface area (Å²) in [6.07, 6.45) is -0.412. The van der Waals surface area contributed by atoms with E-state index in [1.54, 1.807) is 16.8 Å². The Kier molecular flexibility index (Phi) is 2.17. The second-order valence-electron chi connectivity index (χ2n) is 3.80. The molecule has 16 heavy (non-hydrogen) atoms. The summed E-state index contributed by atoms with van der Waals surface area (Å²) in [7, 11) is 0. The fourth-order valence-electron chi connectivity index (χ4n) is 2.01. The molecule has 2 aliphatic heterocycles. The van der Waals surface area contributed by atoms with Crippen LogP contribution < -0.4 is 10.2 Å². The van der Waals surface area contributed by atoms with Crippen molar-refractivity contribution in [3.8, 4) is 6.01 Å². The highest BCUT2D eigenvalue weighted by Crippen LogP contribution is 2.38. The fraction of sp³-hybridized carbons (Fsp3) is 0.556. The Bertz CT molecular complexity index is 477. The molecule has 0 unspecified atom stereocenters. The molecule has 0 aromatic carbocycles. The predicted octanol–water partition coefficient (Wildman–Crippen LogP) is -0.379. The normalized spacial score (nSPS) is 35.6. The average molecular weight is 244 g/mol. The molecule has 86 valence electrons. The maximum absolute atomic E-state index is 9.88. The van der Waals surface area contributed by atoms with Crippen LogP contribution in [0.25, 0.3) is 0 Å². The zero-order valence-electron chi connectivity index (χ0n) is 8.21. The van der Waals surface area contributed by atoms with Gasteiger partial charge in [-0.25, -0.2) is 0 Å². The van der Waals surface area contributed by atoms with Gasteiger partial charge < -0.3 is 14.6 Å². The first kappa shape index (κ1) is 10.1. The number of rotatable bonds is 1. The number of fused-ring (bicyclic) bond motifs is 3. The highest BCUT2D eigenvalue weighted by molar-refractivity contribution is 6.18. The van der Waals surface area contributed by atoms with Crippen molar-refractivity contribution in [2.75, 3.05) is 5.88 Å². The van der Waals surface area contributed by atoms with Gasteiger partial charge in [0.05, 0.1) is 5.88 Å². The van der Waals surface area contributed by atoms with Crippen LogP contribution in [-0.2, 0) is 4.74 Å². The lowest BCUT2D eigenvalue weighted by atomic mass is 10.1. The van der Waals surface area contributed by atoms with E-state index >= 15 is 0 Å². The van der Waals surface area contributed by atoms with Crippen LogP contribution in [0, 0.1) is 5.41 Å². The van der Waals surface area contributed by atoms with Gasteiger partial charge in [-0.1, -0.05) is 0 Å². The van der Waals surface area contributed by atoms with E-state index in [1.807, 2.05) is 0 Å². The number of hydrogen-bond acceptors (Lipinski definition) is 5. The van der Waals surface area contributed by atoms with Crippen LogP contribution in [0.5, 0.6) is 6.01 Å². The molecule has 0 spiro atoms. The third-order valence-electron chi connectivity index (χ3n) is 2.81. The minimum atomic E-state index is -0.765. The molecule has 1 aromatic rings. The summed E-state index contributed by atoms with van der Waals surface area (Å²) < 4.78 is 12.7. The van der Waals surface area contributed by atoms with Crippen molar-refractivity contribution in [1.29, 1.82) is 5.41 Å². The molecule has 7 heteroatoms. The standard InChI is InChI=1S/C9H10ClN3O3/c10-3-4-6(14)7-8(15-4)13-2-1-5(11)12-9(13)16-7/h1-2,4,6-8,11,14H,3H2/t4-,6-,7+,8-/m1/s1. The van der Waals surface area contributed by atoms with E-state index in [9.17, 15) is 5.11 Å². The summed E-state index contributed by atoms with van der Waals surface area (Å²) in [4.78, 5) is 3.90. The van der Waals surface area contributed by atoms with E-state index in [1.165, 1.54) is 0 Å². The van der Waals surface area contributed by atoms with Crippen molar-refractivity contribution < 1.29 is 14.6 Å². The topological polar surface area (TPSA) is 80.4 Å². The number of nitrogens with one attached hydrogen (secondary N) is 1. The van der Waals surface area contributed by atoms with Gasteiger partial charge in [0.1, 0.15) is 12.2 Å². The average Bonchev–Trinajstić information content (AvgIpc) is 2.75. The molecule has 3 heterocycles. The number of alkyl halides is 1. The predicted molar refractivity (Wildman–Crippen MR) is 53.1 cm³/mol. The summed E-state index contributed by atoms with van der Waals surface area (Å²) in [5, 5.41) is 17.2. The van der Waals surface area contributed by atoms with E-state index in [0.29, 0.717) is 6.01 Å². The summed E-state index contributed by atoms with van der Waals surface area (Å²) in [5.41, 5.74) is 0.120. The third kappa shape index (κ3) is 1.27. The van der Waals surface area contributed by atoms with Gasteiger partial charge in [-0.15, -0.1) is 11.6 Å². The second kappa shape index (κ2) is 3.44. The number of aliphatic hydroxyl groups excluding tert-OH is 1. The van der Waals surface area contributed by atoms with Crippen LogP contribution in [0.1, 0.15) is 6.23 Å². The smallest absolute Gasteiger partial charge is 0.301 e. The highest BCUT2D eigenvalue weighted by Gasteiger charge is 2.50. The Labute approximate surface area is 95.9 Å². The minimum Gasteiger partial charge on any atom is -0.454 e. The Morgan fingerprint density at radius 1 is 1.62 bits per heavy atom. The quantitative estimate of drug-likeness (QED) is 0.659. The SMILES string of the molecule is N=c1ccn2c(n1)O[C@H]1[C@H](O)[C@@H](CCl)O[C@H]12. The van der Waals surface area contributed by atoms with Crippen LogP contribution in [0.2, 0.25) is 0 Å². The number of ether oxygens (including phenoxy) is 2. The zero-order valence-corrected chi connectivity index (χ0v) is 8.96. The number of nitrogens with zero attached hydrogens (tertiary/aromatic N) is 2. The van der Waals surface area contributed by atoms with Gasteiger partial charge >= 0.3 is 6.01 Å².